The molecule has 2 N–H and O–H groups in total. The third-order valence-electron chi connectivity index (χ3n) is 5.08. The Labute approximate surface area is 190 Å². The van der Waals surface area contributed by atoms with Crippen molar-refractivity contribution in [1.82, 2.24) is 30.0 Å². The van der Waals surface area contributed by atoms with E-state index in [4.69, 9.17) is 4.98 Å². The number of aryl methyl sites for hydroxylation is 1. The van der Waals surface area contributed by atoms with Gasteiger partial charge in [0, 0.05) is 42.7 Å². The molecule has 0 bridgehead atoms. The van der Waals surface area contributed by atoms with Gasteiger partial charge in [0.15, 0.2) is 0 Å². The maximum atomic E-state index is 12.0. The zero-order valence-electron chi connectivity index (χ0n) is 19.6. The number of benzene rings is 1. The van der Waals surface area contributed by atoms with Crippen molar-refractivity contribution in [2.45, 2.75) is 46.2 Å². The fourth-order valence-corrected chi connectivity index (χ4v) is 3.22. The standard InChI is InChI=1S/C24H33N7O/c1-17(2)31-16-20(15-27-31)23-18(3)13-26-24(29-23)28-21-10-8-19(9-11-21)14-25-22(32)7-6-12-30(4)5/h8-11,13,15-17H,6-7,12,14H2,1-5H3,(H,25,32)(H,26,28,29). The van der Waals surface area contributed by atoms with Gasteiger partial charge < -0.3 is 15.5 Å². The number of carbonyl (C=O) groups excluding carboxylic acids is 1. The molecule has 0 saturated heterocycles. The van der Waals surface area contributed by atoms with Gasteiger partial charge in [-0.1, -0.05) is 12.1 Å². The van der Waals surface area contributed by atoms with Crippen LogP contribution >= 0.6 is 0 Å². The maximum Gasteiger partial charge on any atom is 0.227 e. The summed E-state index contributed by atoms with van der Waals surface area (Å²) >= 11 is 0. The number of hydrogen-bond acceptors (Lipinski definition) is 6. The van der Waals surface area contributed by atoms with Gasteiger partial charge in [0.1, 0.15) is 0 Å². The van der Waals surface area contributed by atoms with Crippen molar-refractivity contribution in [2.24, 2.45) is 0 Å². The first-order valence-corrected chi connectivity index (χ1v) is 11.0. The largest absolute Gasteiger partial charge is 0.352 e. The molecule has 2 heterocycles. The van der Waals surface area contributed by atoms with E-state index >= 15 is 0 Å². The highest BCUT2D eigenvalue weighted by atomic mass is 16.1. The van der Waals surface area contributed by atoms with E-state index in [1.54, 1.807) is 0 Å². The zero-order chi connectivity index (χ0) is 23.1. The predicted octanol–water partition coefficient (Wildman–Crippen LogP) is 3.93. The van der Waals surface area contributed by atoms with E-state index in [2.05, 4.69) is 39.5 Å². The van der Waals surface area contributed by atoms with E-state index in [0.29, 0.717) is 25.0 Å². The number of hydrogen-bond donors (Lipinski definition) is 2. The molecule has 0 aliphatic rings. The minimum Gasteiger partial charge on any atom is -0.352 e. The van der Waals surface area contributed by atoms with Gasteiger partial charge in [0.2, 0.25) is 11.9 Å². The van der Waals surface area contributed by atoms with Gasteiger partial charge in [0.05, 0.1) is 11.9 Å². The fourth-order valence-electron chi connectivity index (χ4n) is 3.22. The molecule has 3 rings (SSSR count). The Morgan fingerprint density at radius 2 is 1.91 bits per heavy atom. The summed E-state index contributed by atoms with van der Waals surface area (Å²) in [4.78, 5) is 23.2. The van der Waals surface area contributed by atoms with Crippen molar-refractivity contribution >= 4 is 17.5 Å². The van der Waals surface area contributed by atoms with Crippen molar-refractivity contribution in [2.75, 3.05) is 26.0 Å². The summed E-state index contributed by atoms with van der Waals surface area (Å²) < 4.78 is 1.92. The minimum atomic E-state index is 0.0791. The fraction of sp³-hybridized carbons (Fsp3) is 0.417. The second kappa shape index (κ2) is 10.9. The summed E-state index contributed by atoms with van der Waals surface area (Å²) in [5.41, 5.74) is 4.76. The van der Waals surface area contributed by atoms with Crippen LogP contribution in [0.2, 0.25) is 0 Å². The average Bonchev–Trinajstić information content (AvgIpc) is 3.25. The maximum absolute atomic E-state index is 12.0. The quantitative estimate of drug-likeness (QED) is 0.502. The molecule has 0 aliphatic carbocycles. The number of nitrogens with one attached hydrogen (secondary N) is 2. The van der Waals surface area contributed by atoms with E-state index in [-0.39, 0.29) is 5.91 Å². The lowest BCUT2D eigenvalue weighted by Crippen LogP contribution is -2.24. The van der Waals surface area contributed by atoms with Gasteiger partial charge in [-0.25, -0.2) is 9.97 Å². The Bertz CT molecular complexity index is 1030. The summed E-state index contributed by atoms with van der Waals surface area (Å²) in [7, 11) is 4.02. The van der Waals surface area contributed by atoms with Gasteiger partial charge >= 0.3 is 0 Å². The van der Waals surface area contributed by atoms with Crippen LogP contribution in [0, 0.1) is 6.92 Å². The molecule has 2 aromatic heterocycles. The number of amides is 1. The number of aromatic nitrogens is 4. The third kappa shape index (κ3) is 6.62. The molecule has 0 spiro atoms. The smallest absolute Gasteiger partial charge is 0.227 e. The average molecular weight is 436 g/mol. The summed E-state index contributed by atoms with van der Waals surface area (Å²) in [5.74, 6) is 0.611. The first kappa shape index (κ1) is 23.4. The lowest BCUT2D eigenvalue weighted by atomic mass is 10.1. The number of rotatable bonds is 10. The Balaban J connectivity index is 1.59. The molecule has 0 aliphatic heterocycles. The van der Waals surface area contributed by atoms with E-state index in [1.165, 1.54) is 0 Å². The van der Waals surface area contributed by atoms with Crippen LogP contribution in [0.3, 0.4) is 0 Å². The molecule has 0 fully saturated rings. The second-order valence-corrected chi connectivity index (χ2v) is 8.53. The van der Waals surface area contributed by atoms with Gasteiger partial charge in [-0.2, -0.15) is 5.10 Å². The van der Waals surface area contributed by atoms with E-state index in [0.717, 1.165) is 41.0 Å². The highest BCUT2D eigenvalue weighted by molar-refractivity contribution is 5.75. The van der Waals surface area contributed by atoms with Gasteiger partial charge in [0.25, 0.3) is 0 Å². The normalized spacial score (nSPS) is 11.2. The molecule has 8 heteroatoms. The van der Waals surface area contributed by atoms with Crippen molar-refractivity contribution < 1.29 is 4.79 Å². The zero-order valence-corrected chi connectivity index (χ0v) is 19.6. The minimum absolute atomic E-state index is 0.0791. The summed E-state index contributed by atoms with van der Waals surface area (Å²) in [6.45, 7) is 7.62. The van der Waals surface area contributed by atoms with Crippen LogP contribution in [-0.2, 0) is 11.3 Å². The van der Waals surface area contributed by atoms with E-state index in [1.807, 2.05) is 68.6 Å². The van der Waals surface area contributed by atoms with Crippen LogP contribution in [-0.4, -0.2) is 51.2 Å². The molecule has 1 amide bonds. The van der Waals surface area contributed by atoms with Crippen molar-refractivity contribution in [3.63, 3.8) is 0 Å². The lowest BCUT2D eigenvalue weighted by molar-refractivity contribution is -0.121. The number of anilines is 2. The molecule has 3 aromatic rings. The molecule has 0 unspecified atom stereocenters. The van der Waals surface area contributed by atoms with Crippen LogP contribution < -0.4 is 10.6 Å². The molecule has 8 nitrogen and oxygen atoms in total. The summed E-state index contributed by atoms with van der Waals surface area (Å²) in [5, 5.41) is 10.6. The molecular weight excluding hydrogens is 402 g/mol. The summed E-state index contributed by atoms with van der Waals surface area (Å²) in [6.07, 6.45) is 7.06. The van der Waals surface area contributed by atoms with Crippen LogP contribution in [0.1, 0.15) is 43.9 Å². The van der Waals surface area contributed by atoms with Crippen LogP contribution in [0.25, 0.3) is 11.3 Å². The molecule has 0 atom stereocenters. The van der Waals surface area contributed by atoms with Gasteiger partial charge in [-0.3, -0.25) is 9.48 Å². The van der Waals surface area contributed by atoms with Gasteiger partial charge in [-0.15, -0.1) is 0 Å². The molecule has 0 radical (unpaired) electrons. The Kier molecular flexibility index (Phi) is 7.94. The third-order valence-corrected chi connectivity index (χ3v) is 5.08. The van der Waals surface area contributed by atoms with Crippen LogP contribution in [0.5, 0.6) is 0 Å². The van der Waals surface area contributed by atoms with Crippen molar-refractivity contribution in [1.29, 1.82) is 0 Å². The topological polar surface area (TPSA) is 88.0 Å². The van der Waals surface area contributed by atoms with Crippen molar-refractivity contribution in [3.05, 3.63) is 54.0 Å². The van der Waals surface area contributed by atoms with Crippen molar-refractivity contribution in [3.8, 4) is 11.3 Å². The first-order valence-electron chi connectivity index (χ1n) is 11.0. The van der Waals surface area contributed by atoms with E-state index < -0.39 is 0 Å². The highest BCUT2D eigenvalue weighted by Gasteiger charge is 2.11. The highest BCUT2D eigenvalue weighted by Crippen LogP contribution is 2.23. The molecule has 32 heavy (non-hydrogen) atoms. The van der Waals surface area contributed by atoms with Gasteiger partial charge in [-0.05, 0) is 71.1 Å². The summed E-state index contributed by atoms with van der Waals surface area (Å²) in [6, 6.07) is 8.21. The van der Waals surface area contributed by atoms with Crippen LogP contribution in [0.4, 0.5) is 11.6 Å². The van der Waals surface area contributed by atoms with E-state index in [9.17, 15) is 4.79 Å². The molecule has 170 valence electrons. The Morgan fingerprint density at radius 3 is 2.56 bits per heavy atom. The Morgan fingerprint density at radius 1 is 1.16 bits per heavy atom. The predicted molar refractivity (Wildman–Crippen MR) is 128 cm³/mol. The number of nitrogens with zero attached hydrogens (tertiary/aromatic N) is 5. The molecule has 1 aromatic carbocycles. The molecular formula is C24H33N7O. The SMILES string of the molecule is Cc1cnc(Nc2ccc(CNC(=O)CCCN(C)C)cc2)nc1-c1cnn(C(C)C)c1. The molecule has 0 saturated carbocycles. The number of carbonyl (C=O) groups is 1. The Hall–Kier alpha value is -3.26. The second-order valence-electron chi connectivity index (χ2n) is 8.53. The first-order chi connectivity index (χ1) is 15.3. The monoisotopic (exact) mass is 435 g/mol. The van der Waals surface area contributed by atoms with Crippen LogP contribution in [0.15, 0.2) is 42.9 Å². The lowest BCUT2D eigenvalue weighted by Gasteiger charge is -2.10.